The smallest absolute Gasteiger partial charge is 0.127 e. The molecular formula is C14H21FN2O. The molecule has 0 saturated carbocycles. The molecule has 1 aromatic carbocycles. The molecule has 4 heteroatoms. The number of benzene rings is 1. The lowest BCUT2D eigenvalue weighted by molar-refractivity contribution is 0.339. The Hall–Kier alpha value is -1.13. The van der Waals surface area contributed by atoms with Crippen LogP contribution in [-0.2, 0) is 6.54 Å². The van der Waals surface area contributed by atoms with Crippen molar-refractivity contribution in [3.8, 4) is 5.75 Å². The molecule has 3 nitrogen and oxygen atoms in total. The van der Waals surface area contributed by atoms with Crippen molar-refractivity contribution < 1.29 is 9.50 Å². The van der Waals surface area contributed by atoms with Crippen LogP contribution < -0.4 is 5.32 Å². The first kappa shape index (κ1) is 13.3. The predicted molar refractivity (Wildman–Crippen MR) is 70.0 cm³/mol. The van der Waals surface area contributed by atoms with Gasteiger partial charge in [-0.1, -0.05) is 6.92 Å². The van der Waals surface area contributed by atoms with E-state index in [4.69, 9.17) is 0 Å². The van der Waals surface area contributed by atoms with E-state index in [1.54, 1.807) is 6.07 Å². The fourth-order valence-corrected chi connectivity index (χ4v) is 2.52. The highest BCUT2D eigenvalue weighted by Crippen LogP contribution is 2.16. The van der Waals surface area contributed by atoms with Crippen LogP contribution in [-0.4, -0.2) is 36.2 Å². The highest BCUT2D eigenvalue weighted by atomic mass is 19.1. The van der Waals surface area contributed by atoms with Gasteiger partial charge in [-0.3, -0.25) is 0 Å². The van der Waals surface area contributed by atoms with Crippen LogP contribution in [0, 0.1) is 11.7 Å². The maximum atomic E-state index is 13.1. The molecule has 100 valence electrons. The normalized spacial score (nSPS) is 20.4. The van der Waals surface area contributed by atoms with Crippen LogP contribution in [0.15, 0.2) is 18.2 Å². The summed E-state index contributed by atoms with van der Waals surface area (Å²) in [7, 11) is 0. The van der Waals surface area contributed by atoms with E-state index < -0.39 is 0 Å². The first-order valence-electron chi connectivity index (χ1n) is 6.59. The number of hydrogen-bond acceptors (Lipinski definition) is 3. The van der Waals surface area contributed by atoms with Crippen molar-refractivity contribution in [1.82, 2.24) is 10.2 Å². The Morgan fingerprint density at radius 2 is 2.28 bits per heavy atom. The fraction of sp³-hybridized carbons (Fsp3) is 0.571. The molecule has 1 aromatic rings. The second-order valence-electron chi connectivity index (χ2n) is 5.00. The Morgan fingerprint density at radius 3 is 2.94 bits per heavy atom. The monoisotopic (exact) mass is 252 g/mol. The van der Waals surface area contributed by atoms with Crippen molar-refractivity contribution in [3.05, 3.63) is 29.6 Å². The lowest BCUT2D eigenvalue weighted by atomic mass is 10.1. The van der Waals surface area contributed by atoms with Crippen LogP contribution in [0.25, 0.3) is 0 Å². The number of phenolic OH excluding ortho intramolecular Hbond substituents is 1. The number of halogens is 1. The van der Waals surface area contributed by atoms with Crippen molar-refractivity contribution in [2.24, 2.45) is 5.92 Å². The van der Waals surface area contributed by atoms with E-state index in [1.807, 2.05) is 0 Å². The van der Waals surface area contributed by atoms with E-state index in [9.17, 15) is 9.50 Å². The summed E-state index contributed by atoms with van der Waals surface area (Å²) in [5.74, 6) is 0.293. The molecule has 1 unspecified atom stereocenters. The standard InChI is InChI=1S/C14H21FN2O/c1-2-17-4-3-11(10-17)8-16-9-12-5-13(15)7-14(18)6-12/h5-7,11,16,18H,2-4,8-10H2,1H3. The molecule has 1 aliphatic heterocycles. The highest BCUT2D eigenvalue weighted by Gasteiger charge is 2.20. The lowest BCUT2D eigenvalue weighted by Gasteiger charge is -2.13. The van der Waals surface area contributed by atoms with E-state index in [-0.39, 0.29) is 11.6 Å². The van der Waals surface area contributed by atoms with Gasteiger partial charge in [-0.15, -0.1) is 0 Å². The van der Waals surface area contributed by atoms with Crippen LogP contribution in [0.1, 0.15) is 18.9 Å². The van der Waals surface area contributed by atoms with Gasteiger partial charge in [-0.25, -0.2) is 4.39 Å². The molecule has 1 saturated heterocycles. The van der Waals surface area contributed by atoms with E-state index in [2.05, 4.69) is 17.1 Å². The Labute approximate surface area is 108 Å². The van der Waals surface area contributed by atoms with Crippen molar-refractivity contribution in [2.45, 2.75) is 19.9 Å². The van der Waals surface area contributed by atoms with E-state index in [0.717, 1.165) is 31.3 Å². The third kappa shape index (κ3) is 3.68. The average molecular weight is 252 g/mol. The predicted octanol–water partition coefficient (Wildman–Crippen LogP) is 1.96. The topological polar surface area (TPSA) is 35.5 Å². The van der Waals surface area contributed by atoms with Gasteiger partial charge < -0.3 is 15.3 Å². The Balaban J connectivity index is 1.75. The number of phenols is 1. The van der Waals surface area contributed by atoms with Crippen molar-refractivity contribution in [3.63, 3.8) is 0 Å². The Bertz CT molecular complexity index is 377. The minimum Gasteiger partial charge on any atom is -0.508 e. The van der Waals surface area contributed by atoms with E-state index >= 15 is 0 Å². The molecule has 1 aliphatic rings. The number of nitrogens with one attached hydrogen (secondary N) is 1. The molecule has 0 spiro atoms. The van der Waals surface area contributed by atoms with Gasteiger partial charge in [-0.05, 0) is 49.7 Å². The van der Waals surface area contributed by atoms with Gasteiger partial charge in [0.2, 0.25) is 0 Å². The molecule has 0 aliphatic carbocycles. The summed E-state index contributed by atoms with van der Waals surface area (Å²) in [4.78, 5) is 2.44. The second kappa shape index (κ2) is 6.16. The Morgan fingerprint density at radius 1 is 1.44 bits per heavy atom. The second-order valence-corrected chi connectivity index (χ2v) is 5.00. The summed E-state index contributed by atoms with van der Waals surface area (Å²) in [5, 5.41) is 12.6. The number of aromatic hydroxyl groups is 1. The van der Waals surface area contributed by atoms with Crippen LogP contribution in [0.4, 0.5) is 4.39 Å². The minimum atomic E-state index is -0.384. The molecular weight excluding hydrogens is 231 g/mol. The third-order valence-corrected chi connectivity index (χ3v) is 3.52. The Kier molecular flexibility index (Phi) is 4.55. The van der Waals surface area contributed by atoms with Gasteiger partial charge in [0.1, 0.15) is 11.6 Å². The van der Waals surface area contributed by atoms with Gasteiger partial charge >= 0.3 is 0 Å². The van der Waals surface area contributed by atoms with E-state index in [0.29, 0.717) is 12.5 Å². The van der Waals surface area contributed by atoms with Crippen molar-refractivity contribution in [2.75, 3.05) is 26.2 Å². The summed E-state index contributed by atoms with van der Waals surface area (Å²) in [6, 6.07) is 4.18. The van der Waals surface area contributed by atoms with Gasteiger partial charge in [-0.2, -0.15) is 0 Å². The summed E-state index contributed by atoms with van der Waals surface area (Å²) >= 11 is 0. The third-order valence-electron chi connectivity index (χ3n) is 3.52. The zero-order chi connectivity index (χ0) is 13.0. The molecule has 0 bridgehead atoms. The summed E-state index contributed by atoms with van der Waals surface area (Å²) in [5.41, 5.74) is 0.790. The molecule has 0 amide bonds. The molecule has 0 aromatic heterocycles. The zero-order valence-electron chi connectivity index (χ0n) is 10.8. The minimum absolute atomic E-state index is 0.00942. The van der Waals surface area contributed by atoms with Gasteiger partial charge in [0.05, 0.1) is 0 Å². The van der Waals surface area contributed by atoms with Crippen LogP contribution in [0.5, 0.6) is 5.75 Å². The molecule has 1 atom stereocenters. The average Bonchev–Trinajstić information content (AvgIpc) is 2.76. The van der Waals surface area contributed by atoms with E-state index in [1.165, 1.54) is 19.0 Å². The SMILES string of the molecule is CCN1CCC(CNCc2cc(O)cc(F)c2)C1. The van der Waals surface area contributed by atoms with Crippen molar-refractivity contribution >= 4 is 0 Å². The van der Waals surface area contributed by atoms with Gasteiger partial charge in [0.25, 0.3) is 0 Å². The number of nitrogens with zero attached hydrogens (tertiary/aromatic N) is 1. The first-order chi connectivity index (χ1) is 8.67. The maximum Gasteiger partial charge on any atom is 0.127 e. The van der Waals surface area contributed by atoms with Gasteiger partial charge in [0.15, 0.2) is 0 Å². The molecule has 0 radical (unpaired) electrons. The molecule has 1 heterocycles. The molecule has 2 N–H and O–H groups in total. The highest BCUT2D eigenvalue weighted by molar-refractivity contribution is 5.28. The largest absolute Gasteiger partial charge is 0.508 e. The molecule has 2 rings (SSSR count). The lowest BCUT2D eigenvalue weighted by Crippen LogP contribution is -2.26. The number of hydrogen-bond donors (Lipinski definition) is 2. The van der Waals surface area contributed by atoms with Crippen LogP contribution in [0.2, 0.25) is 0 Å². The maximum absolute atomic E-state index is 13.1. The van der Waals surface area contributed by atoms with Gasteiger partial charge in [0, 0.05) is 19.2 Å². The van der Waals surface area contributed by atoms with Crippen LogP contribution >= 0.6 is 0 Å². The van der Waals surface area contributed by atoms with Crippen molar-refractivity contribution in [1.29, 1.82) is 0 Å². The zero-order valence-corrected chi connectivity index (χ0v) is 10.8. The molecule has 1 fully saturated rings. The summed E-state index contributed by atoms with van der Waals surface area (Å²) in [6.07, 6.45) is 1.23. The van der Waals surface area contributed by atoms with Crippen LogP contribution in [0.3, 0.4) is 0 Å². The quantitative estimate of drug-likeness (QED) is 0.841. The number of likely N-dealkylation sites (tertiary alicyclic amines) is 1. The number of rotatable bonds is 5. The fourth-order valence-electron chi connectivity index (χ4n) is 2.52. The first-order valence-corrected chi connectivity index (χ1v) is 6.59. The molecule has 18 heavy (non-hydrogen) atoms. The summed E-state index contributed by atoms with van der Waals surface area (Å²) < 4.78 is 13.1. The summed E-state index contributed by atoms with van der Waals surface area (Å²) in [6.45, 7) is 7.20.